The van der Waals surface area contributed by atoms with Crippen LogP contribution in [-0.2, 0) is 0 Å². The molecular weight excluding hydrogens is 212 g/mol. The fourth-order valence-electron chi connectivity index (χ4n) is 2.89. The molecule has 94 valence electrons. The summed E-state index contributed by atoms with van der Waals surface area (Å²) in [6.45, 7) is 4.86. The summed E-state index contributed by atoms with van der Waals surface area (Å²) >= 11 is 0. The monoisotopic (exact) mass is 234 g/mol. The molecule has 3 unspecified atom stereocenters. The summed E-state index contributed by atoms with van der Waals surface area (Å²) in [6, 6.07) is 7.86. The van der Waals surface area contributed by atoms with Crippen LogP contribution < -0.4 is 4.74 Å². The van der Waals surface area contributed by atoms with Gasteiger partial charge in [-0.3, -0.25) is 0 Å². The molecule has 1 aliphatic carbocycles. The molecule has 0 saturated heterocycles. The lowest BCUT2D eigenvalue weighted by Crippen LogP contribution is -2.16. The average Bonchev–Trinajstić information content (AvgIpc) is 2.76. The first kappa shape index (κ1) is 12.4. The molecule has 0 heterocycles. The van der Waals surface area contributed by atoms with Crippen LogP contribution in [0.1, 0.15) is 44.8 Å². The minimum atomic E-state index is -0.379. The van der Waals surface area contributed by atoms with E-state index in [2.05, 4.69) is 6.92 Å². The number of benzene rings is 1. The Bertz CT molecular complexity index is 362. The van der Waals surface area contributed by atoms with E-state index in [0.29, 0.717) is 18.4 Å². The Morgan fingerprint density at radius 3 is 2.76 bits per heavy atom. The van der Waals surface area contributed by atoms with Crippen molar-refractivity contribution in [1.82, 2.24) is 0 Å². The number of hydrogen-bond donors (Lipinski definition) is 1. The zero-order valence-corrected chi connectivity index (χ0v) is 10.7. The van der Waals surface area contributed by atoms with Crippen LogP contribution in [0.25, 0.3) is 0 Å². The molecule has 0 radical (unpaired) electrons. The van der Waals surface area contributed by atoms with Crippen molar-refractivity contribution in [2.45, 2.75) is 39.2 Å². The minimum Gasteiger partial charge on any atom is -0.493 e. The van der Waals surface area contributed by atoms with Crippen molar-refractivity contribution in [3.8, 4) is 5.75 Å². The number of rotatable bonds is 4. The molecule has 1 aromatic rings. The van der Waals surface area contributed by atoms with E-state index >= 15 is 0 Å². The highest BCUT2D eigenvalue weighted by atomic mass is 16.5. The van der Waals surface area contributed by atoms with Gasteiger partial charge in [0.2, 0.25) is 0 Å². The molecular formula is C15H22O2. The third kappa shape index (κ3) is 2.63. The third-order valence-corrected chi connectivity index (χ3v) is 3.87. The Balaban J connectivity index is 2.20. The van der Waals surface area contributed by atoms with Crippen molar-refractivity contribution in [2.24, 2.45) is 11.8 Å². The quantitative estimate of drug-likeness (QED) is 0.863. The van der Waals surface area contributed by atoms with Crippen LogP contribution in [0.15, 0.2) is 24.3 Å². The van der Waals surface area contributed by atoms with Gasteiger partial charge in [-0.2, -0.15) is 0 Å². The van der Waals surface area contributed by atoms with Gasteiger partial charge < -0.3 is 9.84 Å². The van der Waals surface area contributed by atoms with Crippen LogP contribution in [0.3, 0.4) is 0 Å². The second-order valence-corrected chi connectivity index (χ2v) is 4.99. The van der Waals surface area contributed by atoms with Gasteiger partial charge >= 0.3 is 0 Å². The summed E-state index contributed by atoms with van der Waals surface area (Å²) in [4.78, 5) is 0. The zero-order chi connectivity index (χ0) is 12.3. The number of ether oxygens (including phenoxy) is 1. The normalized spacial score (nSPS) is 25.8. The van der Waals surface area contributed by atoms with Gasteiger partial charge in [0.25, 0.3) is 0 Å². The van der Waals surface area contributed by atoms with Crippen molar-refractivity contribution >= 4 is 0 Å². The zero-order valence-electron chi connectivity index (χ0n) is 10.7. The van der Waals surface area contributed by atoms with Gasteiger partial charge in [0.05, 0.1) is 12.7 Å². The highest BCUT2D eigenvalue weighted by Gasteiger charge is 2.31. The maximum atomic E-state index is 10.5. The maximum absolute atomic E-state index is 10.5. The fraction of sp³-hybridized carbons (Fsp3) is 0.600. The van der Waals surface area contributed by atoms with Crippen LogP contribution in [0.4, 0.5) is 0 Å². The van der Waals surface area contributed by atoms with E-state index in [1.54, 1.807) is 0 Å². The molecule has 1 N–H and O–H groups in total. The Kier molecular flexibility index (Phi) is 4.06. The topological polar surface area (TPSA) is 29.5 Å². The largest absolute Gasteiger partial charge is 0.493 e. The first-order valence-electron chi connectivity index (χ1n) is 6.63. The average molecular weight is 234 g/mol. The van der Waals surface area contributed by atoms with Crippen molar-refractivity contribution in [2.75, 3.05) is 6.61 Å². The second-order valence-electron chi connectivity index (χ2n) is 4.99. The number of aliphatic hydroxyl groups excluding tert-OH is 1. The molecule has 1 aromatic carbocycles. The lowest BCUT2D eigenvalue weighted by molar-refractivity contribution is 0.0869. The molecule has 0 bridgehead atoms. The lowest BCUT2D eigenvalue weighted by atomic mass is 9.88. The van der Waals surface area contributed by atoms with E-state index in [-0.39, 0.29) is 6.10 Å². The molecule has 0 amide bonds. The fourth-order valence-corrected chi connectivity index (χ4v) is 2.89. The molecule has 1 fully saturated rings. The predicted octanol–water partition coefficient (Wildman–Crippen LogP) is 3.55. The molecule has 2 nitrogen and oxygen atoms in total. The molecule has 1 saturated carbocycles. The highest BCUT2D eigenvalue weighted by Crippen LogP contribution is 2.42. The Hall–Kier alpha value is -1.02. The van der Waals surface area contributed by atoms with E-state index in [1.807, 2.05) is 31.2 Å². The molecule has 1 aliphatic rings. The summed E-state index contributed by atoms with van der Waals surface area (Å²) < 4.78 is 5.59. The summed E-state index contributed by atoms with van der Waals surface area (Å²) in [5.74, 6) is 1.83. The van der Waals surface area contributed by atoms with Crippen molar-refractivity contribution in [1.29, 1.82) is 0 Å². The third-order valence-electron chi connectivity index (χ3n) is 3.87. The second kappa shape index (κ2) is 5.54. The highest BCUT2D eigenvalue weighted by molar-refractivity contribution is 5.35. The van der Waals surface area contributed by atoms with E-state index in [0.717, 1.165) is 17.7 Å². The van der Waals surface area contributed by atoms with Gasteiger partial charge in [-0.15, -0.1) is 0 Å². The van der Waals surface area contributed by atoms with Crippen molar-refractivity contribution < 1.29 is 9.84 Å². The van der Waals surface area contributed by atoms with Crippen molar-refractivity contribution in [3.05, 3.63) is 29.8 Å². The van der Waals surface area contributed by atoms with E-state index in [4.69, 9.17) is 4.74 Å². The summed E-state index contributed by atoms with van der Waals surface area (Å²) in [5, 5.41) is 10.5. The summed E-state index contributed by atoms with van der Waals surface area (Å²) in [6.07, 6.45) is 3.22. The summed E-state index contributed by atoms with van der Waals surface area (Å²) in [5.41, 5.74) is 0.952. The van der Waals surface area contributed by atoms with E-state index in [9.17, 15) is 5.11 Å². The van der Waals surface area contributed by atoms with Crippen LogP contribution in [-0.4, -0.2) is 11.7 Å². The van der Waals surface area contributed by atoms with Crippen LogP contribution in [0.5, 0.6) is 5.75 Å². The van der Waals surface area contributed by atoms with E-state index in [1.165, 1.54) is 12.8 Å². The Morgan fingerprint density at radius 2 is 2.12 bits per heavy atom. The molecule has 17 heavy (non-hydrogen) atoms. The van der Waals surface area contributed by atoms with Gasteiger partial charge in [0, 0.05) is 5.56 Å². The van der Waals surface area contributed by atoms with Gasteiger partial charge in [-0.1, -0.05) is 38.0 Å². The number of aliphatic hydroxyl groups is 1. The lowest BCUT2D eigenvalue weighted by Gasteiger charge is -2.24. The van der Waals surface area contributed by atoms with Gasteiger partial charge in [0.1, 0.15) is 5.75 Å². The van der Waals surface area contributed by atoms with Crippen LogP contribution >= 0.6 is 0 Å². The standard InChI is InChI=1S/C15H22O2/c1-3-17-14-10-5-4-8-13(14)15(16)12-9-6-7-11(12)2/h4-5,8,10-12,15-16H,3,6-7,9H2,1-2H3. The first-order valence-corrected chi connectivity index (χ1v) is 6.63. The number of hydrogen-bond acceptors (Lipinski definition) is 2. The molecule has 0 aromatic heterocycles. The maximum Gasteiger partial charge on any atom is 0.125 e. The molecule has 3 atom stereocenters. The van der Waals surface area contributed by atoms with Gasteiger partial charge in [0.15, 0.2) is 0 Å². The first-order chi connectivity index (χ1) is 8.24. The smallest absolute Gasteiger partial charge is 0.125 e. The SMILES string of the molecule is CCOc1ccccc1C(O)C1CCCC1C. The Morgan fingerprint density at radius 1 is 1.35 bits per heavy atom. The van der Waals surface area contributed by atoms with Crippen LogP contribution in [0, 0.1) is 11.8 Å². The minimum absolute atomic E-state index is 0.379. The molecule has 2 rings (SSSR count). The molecule has 0 spiro atoms. The molecule has 0 aliphatic heterocycles. The van der Waals surface area contributed by atoms with E-state index < -0.39 is 0 Å². The van der Waals surface area contributed by atoms with Crippen LogP contribution in [0.2, 0.25) is 0 Å². The predicted molar refractivity (Wildman–Crippen MR) is 69.1 cm³/mol. The Labute approximate surface area is 104 Å². The van der Waals surface area contributed by atoms with Gasteiger partial charge in [-0.05, 0) is 31.2 Å². The van der Waals surface area contributed by atoms with Gasteiger partial charge in [-0.25, -0.2) is 0 Å². The van der Waals surface area contributed by atoms with Crippen molar-refractivity contribution in [3.63, 3.8) is 0 Å². The molecule has 2 heteroatoms. The summed E-state index contributed by atoms with van der Waals surface area (Å²) in [7, 11) is 0. The number of para-hydroxylation sites is 1.